The van der Waals surface area contributed by atoms with Crippen molar-refractivity contribution in [3.63, 3.8) is 0 Å². The topological polar surface area (TPSA) is 204 Å². The molecule has 0 saturated carbocycles. The van der Waals surface area contributed by atoms with Gasteiger partial charge in [-0.2, -0.15) is 25.3 Å². The van der Waals surface area contributed by atoms with Crippen LogP contribution in [0.4, 0.5) is 0 Å². The van der Waals surface area contributed by atoms with Crippen molar-refractivity contribution >= 4 is 42.9 Å². The molecule has 0 bridgehead atoms. The summed E-state index contributed by atoms with van der Waals surface area (Å²) in [5.74, 6) is 0. The Morgan fingerprint density at radius 1 is 0.944 bits per heavy atom. The fraction of sp³-hybridized carbons (Fsp3) is 0.500. The standard InChI is InChI=1S/C4H7NO10S3/c5-1-3(16(7,8)9)4(2-6,17(10,11)12)18(13,14)15/h1-3,5H,(H,7,8,9)(H,10,11,12)(H,13,14,15). The van der Waals surface area contributed by atoms with Crippen molar-refractivity contribution in [2.45, 2.75) is 9.33 Å². The van der Waals surface area contributed by atoms with Crippen molar-refractivity contribution in [1.82, 2.24) is 0 Å². The third kappa shape index (κ3) is 2.57. The second-order valence-corrected chi connectivity index (χ2v) is 7.94. The Hall–Kier alpha value is -0.930. The maximum absolute atomic E-state index is 10.9. The average Bonchev–Trinajstić information content (AvgIpc) is 2.06. The van der Waals surface area contributed by atoms with Gasteiger partial charge in [-0.1, -0.05) is 0 Å². The van der Waals surface area contributed by atoms with Crippen molar-refractivity contribution in [2.75, 3.05) is 0 Å². The first-order chi connectivity index (χ1) is 7.75. The Labute approximate surface area is 102 Å². The highest BCUT2D eigenvalue weighted by molar-refractivity contribution is 8.08. The summed E-state index contributed by atoms with van der Waals surface area (Å²) in [4.78, 5) is 10.6. The minimum atomic E-state index is -6.03. The predicted octanol–water partition coefficient (Wildman–Crippen LogP) is -2.44. The quantitative estimate of drug-likeness (QED) is 0.230. The number of hydrogen-bond donors (Lipinski definition) is 4. The van der Waals surface area contributed by atoms with Gasteiger partial charge in [0, 0.05) is 6.21 Å². The van der Waals surface area contributed by atoms with E-state index in [1.54, 1.807) is 0 Å². The van der Waals surface area contributed by atoms with Gasteiger partial charge < -0.3 is 10.2 Å². The van der Waals surface area contributed by atoms with Crippen molar-refractivity contribution < 1.29 is 43.7 Å². The van der Waals surface area contributed by atoms with Crippen molar-refractivity contribution in [2.24, 2.45) is 0 Å². The fourth-order valence-electron chi connectivity index (χ4n) is 1.03. The number of carbonyl (C=O) groups excluding carboxylic acids is 1. The van der Waals surface area contributed by atoms with E-state index in [-0.39, 0.29) is 0 Å². The molecule has 11 nitrogen and oxygen atoms in total. The molecule has 0 fully saturated rings. The molecule has 18 heavy (non-hydrogen) atoms. The average molecular weight is 325 g/mol. The zero-order chi connectivity index (χ0) is 15.0. The third-order valence-corrected chi connectivity index (χ3v) is 6.86. The molecule has 0 heterocycles. The molecule has 0 saturated heterocycles. The van der Waals surface area contributed by atoms with Gasteiger partial charge in [0.05, 0.1) is 0 Å². The molecule has 0 aromatic rings. The lowest BCUT2D eigenvalue weighted by atomic mass is 10.3. The van der Waals surface area contributed by atoms with Gasteiger partial charge in [0.25, 0.3) is 34.4 Å². The molecule has 14 heteroatoms. The Kier molecular flexibility index (Phi) is 4.39. The molecule has 4 N–H and O–H groups in total. The molecule has 0 aliphatic heterocycles. The second-order valence-electron chi connectivity index (χ2n) is 2.89. The highest BCUT2D eigenvalue weighted by Gasteiger charge is 2.64. The number of aldehydes is 1. The Morgan fingerprint density at radius 2 is 1.28 bits per heavy atom. The van der Waals surface area contributed by atoms with Gasteiger partial charge in [0.15, 0.2) is 11.5 Å². The minimum Gasteiger partial charge on any atom is -0.312 e. The molecule has 1 unspecified atom stereocenters. The largest absolute Gasteiger partial charge is 0.312 e. The van der Waals surface area contributed by atoms with Crippen LogP contribution in [0.25, 0.3) is 0 Å². The van der Waals surface area contributed by atoms with Crippen LogP contribution in [-0.2, 0) is 35.1 Å². The maximum atomic E-state index is 10.9. The van der Waals surface area contributed by atoms with Gasteiger partial charge in [-0.3, -0.25) is 13.7 Å². The highest BCUT2D eigenvalue weighted by Crippen LogP contribution is 2.28. The van der Waals surface area contributed by atoms with E-state index in [0.29, 0.717) is 0 Å². The summed E-state index contributed by atoms with van der Waals surface area (Å²) < 4.78 is 86.6. The van der Waals surface area contributed by atoms with Crippen LogP contribution < -0.4 is 0 Å². The van der Waals surface area contributed by atoms with E-state index >= 15 is 0 Å². The summed E-state index contributed by atoms with van der Waals surface area (Å²) >= 11 is 0. The lowest BCUT2D eigenvalue weighted by Crippen LogP contribution is -2.59. The van der Waals surface area contributed by atoms with E-state index in [1.165, 1.54) is 0 Å². The highest BCUT2D eigenvalue weighted by atomic mass is 32.3. The van der Waals surface area contributed by atoms with Gasteiger partial charge in [-0.05, 0) is 0 Å². The molecule has 0 amide bonds. The number of hydrogen-bond acceptors (Lipinski definition) is 8. The van der Waals surface area contributed by atoms with Gasteiger partial charge in [-0.25, -0.2) is 0 Å². The zero-order valence-electron chi connectivity index (χ0n) is 8.16. The maximum Gasteiger partial charge on any atom is 0.300 e. The molecule has 0 radical (unpaired) electrons. The summed E-state index contributed by atoms with van der Waals surface area (Å²) in [5, 5.41) is 3.33. The van der Waals surface area contributed by atoms with E-state index in [4.69, 9.17) is 19.1 Å². The van der Waals surface area contributed by atoms with Crippen LogP contribution >= 0.6 is 0 Å². The first-order valence-electron chi connectivity index (χ1n) is 3.63. The molecule has 0 spiro atoms. The van der Waals surface area contributed by atoms with Crippen molar-refractivity contribution in [3.05, 3.63) is 0 Å². The van der Waals surface area contributed by atoms with E-state index in [9.17, 15) is 30.0 Å². The molecule has 0 aliphatic rings. The Bertz CT molecular complexity index is 622. The number of carbonyl (C=O) groups is 1. The lowest BCUT2D eigenvalue weighted by molar-refractivity contribution is -0.108. The van der Waals surface area contributed by atoms with Crippen LogP contribution in [0.1, 0.15) is 0 Å². The Balaban J connectivity index is 6.84. The van der Waals surface area contributed by atoms with Crippen LogP contribution in [0.2, 0.25) is 0 Å². The summed E-state index contributed by atoms with van der Waals surface area (Å²) in [5.41, 5.74) is 0. The molecule has 106 valence electrons. The minimum absolute atomic E-state index is 0.439. The smallest absolute Gasteiger partial charge is 0.300 e. The van der Waals surface area contributed by atoms with E-state index < -0.39 is 52.2 Å². The van der Waals surface area contributed by atoms with Crippen LogP contribution in [-0.4, -0.2) is 60.7 Å². The molecule has 0 aromatic heterocycles. The predicted molar refractivity (Wildman–Crippen MR) is 56.0 cm³/mol. The van der Waals surface area contributed by atoms with Crippen LogP contribution in [0.15, 0.2) is 0 Å². The van der Waals surface area contributed by atoms with Crippen LogP contribution in [0, 0.1) is 5.41 Å². The molecular weight excluding hydrogens is 318 g/mol. The van der Waals surface area contributed by atoms with E-state index in [0.717, 1.165) is 0 Å². The fourth-order valence-corrected chi connectivity index (χ4v) is 5.16. The monoisotopic (exact) mass is 325 g/mol. The van der Waals surface area contributed by atoms with E-state index in [1.807, 2.05) is 0 Å². The molecule has 0 aromatic carbocycles. The molecule has 1 atom stereocenters. The van der Waals surface area contributed by atoms with Crippen molar-refractivity contribution in [1.29, 1.82) is 5.41 Å². The normalized spacial score (nSPS) is 15.9. The Morgan fingerprint density at radius 3 is 1.33 bits per heavy atom. The van der Waals surface area contributed by atoms with Gasteiger partial charge in [0.2, 0.25) is 0 Å². The second kappa shape index (κ2) is 4.63. The van der Waals surface area contributed by atoms with Gasteiger partial charge in [-0.15, -0.1) is 0 Å². The summed E-state index contributed by atoms with van der Waals surface area (Å²) in [7, 11) is -17.7. The number of nitrogens with one attached hydrogen (secondary N) is 1. The zero-order valence-corrected chi connectivity index (χ0v) is 10.6. The van der Waals surface area contributed by atoms with Crippen LogP contribution in [0.5, 0.6) is 0 Å². The summed E-state index contributed by atoms with van der Waals surface area (Å²) in [6.45, 7) is 0. The first kappa shape index (κ1) is 17.1. The first-order valence-corrected chi connectivity index (χ1v) is 8.01. The van der Waals surface area contributed by atoms with Gasteiger partial charge >= 0.3 is 0 Å². The summed E-state index contributed by atoms with van der Waals surface area (Å²) in [6.07, 6.45) is -1.55. The van der Waals surface area contributed by atoms with E-state index in [2.05, 4.69) is 0 Å². The van der Waals surface area contributed by atoms with Crippen LogP contribution in [0.3, 0.4) is 0 Å². The van der Waals surface area contributed by atoms with Gasteiger partial charge in [0.1, 0.15) is 0 Å². The molecule has 0 aliphatic carbocycles. The summed E-state index contributed by atoms with van der Waals surface area (Å²) in [6, 6.07) is 0. The SMILES string of the molecule is N=CC(C(C=O)(S(=O)(=O)O)S(=O)(=O)O)S(=O)(=O)O. The molecular formula is C4H7NO10S3. The molecule has 0 rings (SSSR count). The number of rotatable bonds is 6. The third-order valence-electron chi connectivity index (χ3n) is 1.84. The van der Waals surface area contributed by atoms with Crippen molar-refractivity contribution in [3.8, 4) is 0 Å². The lowest BCUT2D eigenvalue weighted by Gasteiger charge is -2.25.